The molecule has 0 aliphatic heterocycles. The highest BCUT2D eigenvalue weighted by Crippen LogP contribution is 2.48. The van der Waals surface area contributed by atoms with Gasteiger partial charge in [0, 0.05) is 0 Å². The van der Waals surface area contributed by atoms with E-state index in [0.29, 0.717) is 0 Å². The SMILES string of the molecule is N[C@@H](CC(F)(F)F)C(F)(F)C(F)(F)C(F)(F)F. The molecule has 1 nitrogen and oxygen atoms in total. The van der Waals surface area contributed by atoms with E-state index < -0.39 is 36.7 Å². The summed E-state index contributed by atoms with van der Waals surface area (Å²) in [5, 5.41) is 0. The lowest BCUT2D eigenvalue weighted by Crippen LogP contribution is -2.61. The van der Waals surface area contributed by atoms with Crippen LogP contribution in [-0.2, 0) is 0 Å². The van der Waals surface area contributed by atoms with Crippen LogP contribution in [0.5, 0.6) is 0 Å². The van der Waals surface area contributed by atoms with Crippen molar-refractivity contribution >= 4 is 0 Å². The molecular weight excluding hydrogens is 276 g/mol. The summed E-state index contributed by atoms with van der Waals surface area (Å²) in [7, 11) is 0. The van der Waals surface area contributed by atoms with Gasteiger partial charge in [0.2, 0.25) is 0 Å². The highest BCUT2D eigenvalue weighted by atomic mass is 19.4. The van der Waals surface area contributed by atoms with Crippen LogP contribution in [-0.4, -0.2) is 30.2 Å². The highest BCUT2D eigenvalue weighted by Gasteiger charge is 2.75. The van der Waals surface area contributed by atoms with Gasteiger partial charge in [-0.25, -0.2) is 0 Å². The first-order valence-corrected chi connectivity index (χ1v) is 3.77. The summed E-state index contributed by atoms with van der Waals surface area (Å²) in [5.74, 6) is -12.7. The Balaban J connectivity index is 5.14. The lowest BCUT2D eigenvalue weighted by atomic mass is 10.0. The smallest absolute Gasteiger partial charge is 0.322 e. The average Bonchev–Trinajstić information content (AvgIpc) is 1.97. The van der Waals surface area contributed by atoms with Crippen LogP contribution in [0.1, 0.15) is 6.42 Å². The molecule has 104 valence electrons. The van der Waals surface area contributed by atoms with E-state index in [0.717, 1.165) is 0 Å². The Bertz CT molecular complexity index is 263. The number of halogens is 10. The Hall–Kier alpha value is -0.740. The molecule has 0 saturated heterocycles. The Kier molecular flexibility index (Phi) is 3.99. The quantitative estimate of drug-likeness (QED) is 0.790. The summed E-state index contributed by atoms with van der Waals surface area (Å²) >= 11 is 0. The number of alkyl halides is 10. The van der Waals surface area contributed by atoms with E-state index in [1.54, 1.807) is 0 Å². The molecule has 0 aromatic rings. The van der Waals surface area contributed by atoms with Gasteiger partial charge in [-0.2, -0.15) is 43.9 Å². The summed E-state index contributed by atoms with van der Waals surface area (Å²) in [5.41, 5.74) is 4.07. The first-order chi connectivity index (χ1) is 7.13. The standard InChI is InChI=1S/C6H5F10N/c7-3(8,9)1-2(17)4(10,11)5(12,13)6(14,15)16/h2H,1,17H2/t2-/m0/s1. The summed E-state index contributed by atoms with van der Waals surface area (Å²) in [4.78, 5) is 0. The molecule has 0 rings (SSSR count). The van der Waals surface area contributed by atoms with E-state index in [2.05, 4.69) is 5.73 Å². The number of hydrogen-bond donors (Lipinski definition) is 1. The van der Waals surface area contributed by atoms with Gasteiger partial charge < -0.3 is 5.73 Å². The first kappa shape index (κ1) is 16.3. The van der Waals surface area contributed by atoms with Crippen molar-refractivity contribution in [1.29, 1.82) is 0 Å². The normalized spacial score (nSPS) is 17.1. The van der Waals surface area contributed by atoms with Crippen molar-refractivity contribution in [1.82, 2.24) is 0 Å². The molecule has 1 atom stereocenters. The Morgan fingerprint density at radius 2 is 1.12 bits per heavy atom. The molecule has 0 unspecified atom stereocenters. The van der Waals surface area contributed by atoms with Crippen molar-refractivity contribution in [3.8, 4) is 0 Å². The molecule has 0 fully saturated rings. The van der Waals surface area contributed by atoms with Gasteiger partial charge in [-0.05, 0) is 0 Å². The predicted octanol–water partition coefficient (Wildman–Crippen LogP) is 3.10. The van der Waals surface area contributed by atoms with Crippen LogP contribution in [0.3, 0.4) is 0 Å². The van der Waals surface area contributed by atoms with Crippen LogP contribution >= 0.6 is 0 Å². The molecule has 0 saturated carbocycles. The maximum absolute atomic E-state index is 12.5. The average molecular weight is 281 g/mol. The van der Waals surface area contributed by atoms with Crippen molar-refractivity contribution in [2.75, 3.05) is 0 Å². The maximum atomic E-state index is 12.5. The van der Waals surface area contributed by atoms with Crippen LogP contribution in [0.25, 0.3) is 0 Å². The molecule has 0 heterocycles. The topological polar surface area (TPSA) is 26.0 Å². The molecule has 17 heavy (non-hydrogen) atoms. The minimum absolute atomic E-state index is 2.66. The van der Waals surface area contributed by atoms with E-state index in [1.807, 2.05) is 0 Å². The van der Waals surface area contributed by atoms with Gasteiger partial charge in [0.05, 0.1) is 12.5 Å². The molecule has 11 heteroatoms. The summed E-state index contributed by atoms with van der Waals surface area (Å²) in [6, 6.07) is -3.70. The van der Waals surface area contributed by atoms with E-state index in [1.165, 1.54) is 0 Å². The van der Waals surface area contributed by atoms with Gasteiger partial charge >= 0.3 is 24.2 Å². The number of hydrogen-bond acceptors (Lipinski definition) is 1. The van der Waals surface area contributed by atoms with Crippen molar-refractivity contribution in [3.63, 3.8) is 0 Å². The summed E-state index contributed by atoms with van der Waals surface area (Å²) in [6.45, 7) is 0. The molecule has 0 aromatic carbocycles. The van der Waals surface area contributed by atoms with Gasteiger partial charge in [0.15, 0.2) is 0 Å². The zero-order valence-corrected chi connectivity index (χ0v) is 7.64. The van der Waals surface area contributed by atoms with Gasteiger partial charge in [-0.1, -0.05) is 0 Å². The molecule has 0 amide bonds. The Labute approximate surface area is 87.6 Å². The second-order valence-electron chi connectivity index (χ2n) is 3.12. The summed E-state index contributed by atoms with van der Waals surface area (Å²) in [6.07, 6.45) is -14.7. The zero-order valence-electron chi connectivity index (χ0n) is 7.64. The van der Waals surface area contributed by atoms with Crippen LogP contribution in [0.2, 0.25) is 0 Å². The molecular formula is C6H5F10N. The number of rotatable bonds is 3. The third-order valence-electron chi connectivity index (χ3n) is 1.69. The second kappa shape index (κ2) is 4.18. The van der Waals surface area contributed by atoms with E-state index >= 15 is 0 Å². The van der Waals surface area contributed by atoms with Crippen molar-refractivity contribution < 1.29 is 43.9 Å². The fourth-order valence-electron chi connectivity index (χ4n) is 0.799. The minimum atomic E-state index is -6.69. The number of nitrogens with two attached hydrogens (primary N) is 1. The van der Waals surface area contributed by atoms with Crippen LogP contribution in [0.4, 0.5) is 43.9 Å². The summed E-state index contributed by atoms with van der Waals surface area (Å²) < 4.78 is 119. The van der Waals surface area contributed by atoms with Crippen molar-refractivity contribution in [2.24, 2.45) is 5.73 Å². The van der Waals surface area contributed by atoms with Crippen molar-refractivity contribution in [3.05, 3.63) is 0 Å². The molecule has 2 N–H and O–H groups in total. The van der Waals surface area contributed by atoms with E-state index in [9.17, 15) is 43.9 Å². The fraction of sp³-hybridized carbons (Fsp3) is 1.00. The third-order valence-corrected chi connectivity index (χ3v) is 1.69. The second-order valence-corrected chi connectivity index (χ2v) is 3.12. The van der Waals surface area contributed by atoms with Crippen LogP contribution in [0, 0.1) is 0 Å². The monoisotopic (exact) mass is 281 g/mol. The third kappa shape index (κ3) is 3.36. The largest absolute Gasteiger partial charge is 0.459 e. The van der Waals surface area contributed by atoms with Gasteiger partial charge in [-0.3, -0.25) is 0 Å². The maximum Gasteiger partial charge on any atom is 0.459 e. The van der Waals surface area contributed by atoms with Crippen LogP contribution in [0.15, 0.2) is 0 Å². The molecule has 0 spiro atoms. The molecule has 0 aromatic heterocycles. The molecule has 0 bridgehead atoms. The fourth-order valence-corrected chi connectivity index (χ4v) is 0.799. The van der Waals surface area contributed by atoms with Crippen molar-refractivity contribution in [2.45, 2.75) is 36.7 Å². The van der Waals surface area contributed by atoms with E-state index in [-0.39, 0.29) is 0 Å². The predicted molar refractivity (Wildman–Crippen MR) is 34.6 cm³/mol. The van der Waals surface area contributed by atoms with Gasteiger partial charge in [0.25, 0.3) is 0 Å². The van der Waals surface area contributed by atoms with Gasteiger partial charge in [-0.15, -0.1) is 0 Å². The van der Waals surface area contributed by atoms with Crippen LogP contribution < -0.4 is 5.73 Å². The lowest BCUT2D eigenvalue weighted by Gasteiger charge is -2.32. The Morgan fingerprint density at radius 1 is 0.765 bits per heavy atom. The zero-order chi connectivity index (χ0) is 14.3. The Morgan fingerprint density at radius 3 is 1.35 bits per heavy atom. The minimum Gasteiger partial charge on any atom is -0.322 e. The molecule has 0 radical (unpaired) electrons. The lowest BCUT2D eigenvalue weighted by molar-refractivity contribution is -0.361. The van der Waals surface area contributed by atoms with Gasteiger partial charge in [0.1, 0.15) is 0 Å². The molecule has 0 aliphatic carbocycles. The van der Waals surface area contributed by atoms with E-state index in [4.69, 9.17) is 0 Å². The highest BCUT2D eigenvalue weighted by molar-refractivity contribution is 4.98. The molecule has 0 aliphatic rings. The first-order valence-electron chi connectivity index (χ1n) is 3.77.